The van der Waals surface area contributed by atoms with E-state index in [1.54, 1.807) is 24.3 Å². The summed E-state index contributed by atoms with van der Waals surface area (Å²) >= 11 is 0. The van der Waals surface area contributed by atoms with Crippen molar-refractivity contribution >= 4 is 14.3 Å². The number of rotatable bonds is 2. The molecule has 5 heteroatoms. The van der Waals surface area contributed by atoms with E-state index < -0.39 is 8.60 Å². The molecule has 1 aromatic rings. The molecule has 1 aromatic carbocycles. The second kappa shape index (κ2) is 3.53. The lowest BCUT2D eigenvalue weighted by Crippen LogP contribution is -1.86. The van der Waals surface area contributed by atoms with Crippen molar-refractivity contribution in [2.24, 2.45) is 0 Å². The van der Waals surface area contributed by atoms with Gasteiger partial charge in [0.2, 0.25) is 0 Å². The topological polar surface area (TPSA) is 75.7 Å². The molecule has 4 N–H and O–H groups in total. The minimum Gasteiger partial charge on any atom is -0.427 e. The summed E-state index contributed by atoms with van der Waals surface area (Å²) in [5.41, 5.74) is 5.99. The Kier molecular flexibility index (Phi) is 2.65. The second-order valence-electron chi connectivity index (χ2n) is 1.91. The van der Waals surface area contributed by atoms with E-state index in [4.69, 9.17) is 15.5 Å². The van der Waals surface area contributed by atoms with Crippen LogP contribution < -0.4 is 10.3 Å². The lowest BCUT2D eigenvalue weighted by molar-refractivity contribution is 0.375. The van der Waals surface area contributed by atoms with Crippen LogP contribution >= 0.6 is 8.60 Å². The predicted octanol–water partition coefficient (Wildman–Crippen LogP) is 0.859. The van der Waals surface area contributed by atoms with Gasteiger partial charge in [0.25, 0.3) is 0 Å². The average Bonchev–Trinajstić information content (AvgIpc) is 1.93. The Morgan fingerprint density at radius 1 is 1.18 bits per heavy atom. The van der Waals surface area contributed by atoms with Crippen molar-refractivity contribution < 1.29 is 14.3 Å². The normalized spacial score (nSPS) is 10.1. The molecule has 0 amide bonds. The van der Waals surface area contributed by atoms with Gasteiger partial charge in [-0.05, 0) is 24.3 Å². The van der Waals surface area contributed by atoms with E-state index >= 15 is 0 Å². The van der Waals surface area contributed by atoms with Crippen LogP contribution in [0.2, 0.25) is 0 Å². The highest BCUT2D eigenvalue weighted by atomic mass is 31.2. The summed E-state index contributed by atoms with van der Waals surface area (Å²) in [6, 6.07) is 6.37. The molecule has 0 heterocycles. The molecule has 0 fully saturated rings. The Balaban J connectivity index is 2.66. The first-order chi connectivity index (χ1) is 5.18. The summed E-state index contributed by atoms with van der Waals surface area (Å²) in [6.07, 6.45) is 0. The van der Waals surface area contributed by atoms with Crippen molar-refractivity contribution in [1.29, 1.82) is 0 Å². The summed E-state index contributed by atoms with van der Waals surface area (Å²) in [6.45, 7) is 0. The van der Waals surface area contributed by atoms with Crippen LogP contribution in [-0.2, 0) is 0 Å². The Morgan fingerprint density at radius 2 is 1.73 bits per heavy atom. The van der Waals surface area contributed by atoms with Gasteiger partial charge in [0.1, 0.15) is 5.75 Å². The number of benzene rings is 1. The molecule has 1 rings (SSSR count). The predicted molar refractivity (Wildman–Crippen MR) is 42.8 cm³/mol. The van der Waals surface area contributed by atoms with E-state index in [0.717, 1.165) is 0 Å². The highest BCUT2D eigenvalue weighted by Gasteiger charge is 2.00. The summed E-state index contributed by atoms with van der Waals surface area (Å²) in [5, 5.41) is 0. The van der Waals surface area contributed by atoms with E-state index in [-0.39, 0.29) is 0 Å². The molecule has 0 saturated carbocycles. The molecule has 4 nitrogen and oxygen atoms in total. The number of hydrogen-bond donors (Lipinski definition) is 3. The third kappa shape index (κ3) is 2.72. The minimum atomic E-state index is -2.33. The molecule has 0 aromatic heterocycles. The zero-order valence-corrected chi connectivity index (χ0v) is 6.53. The molecule has 0 spiro atoms. The Hall–Kier alpha value is -0.830. The molecule has 0 bridgehead atoms. The van der Waals surface area contributed by atoms with Crippen LogP contribution in [0.15, 0.2) is 24.3 Å². The molecule has 60 valence electrons. The number of nitrogens with two attached hydrogens (primary N) is 1. The van der Waals surface area contributed by atoms with Gasteiger partial charge in [0.15, 0.2) is 0 Å². The van der Waals surface area contributed by atoms with E-state index in [1.807, 2.05) is 0 Å². The van der Waals surface area contributed by atoms with Crippen molar-refractivity contribution in [3.05, 3.63) is 24.3 Å². The number of nitrogen functional groups attached to an aromatic ring is 1. The van der Waals surface area contributed by atoms with Gasteiger partial charge in [-0.2, -0.15) is 0 Å². The van der Waals surface area contributed by atoms with Gasteiger partial charge in [-0.1, -0.05) is 0 Å². The number of hydrogen-bond acceptors (Lipinski definition) is 4. The standard InChI is InChI=1S/C6H8NO3P/c7-5-1-3-6(4-2-5)10-11(8)9/h1-4,8-9H,7H2. The maximum Gasteiger partial charge on any atom is 0.391 e. The zero-order chi connectivity index (χ0) is 8.27. The first-order valence-electron chi connectivity index (χ1n) is 2.90. The van der Waals surface area contributed by atoms with Crippen LogP contribution in [0.25, 0.3) is 0 Å². The fraction of sp³-hybridized carbons (Fsp3) is 0. The van der Waals surface area contributed by atoms with Crippen molar-refractivity contribution in [3.8, 4) is 5.75 Å². The van der Waals surface area contributed by atoms with Crippen LogP contribution in [0.1, 0.15) is 0 Å². The zero-order valence-electron chi connectivity index (χ0n) is 5.64. The third-order valence-electron chi connectivity index (χ3n) is 1.07. The number of anilines is 1. The molecule has 0 aliphatic carbocycles. The van der Waals surface area contributed by atoms with Crippen LogP contribution in [0, 0.1) is 0 Å². The minimum absolute atomic E-state index is 0.398. The SMILES string of the molecule is Nc1ccc(OP(O)O)cc1. The highest BCUT2D eigenvalue weighted by Crippen LogP contribution is 2.28. The van der Waals surface area contributed by atoms with Crippen LogP contribution in [0.3, 0.4) is 0 Å². The highest BCUT2D eigenvalue weighted by molar-refractivity contribution is 7.39. The van der Waals surface area contributed by atoms with Crippen LogP contribution in [-0.4, -0.2) is 9.79 Å². The molecule has 0 aliphatic heterocycles. The van der Waals surface area contributed by atoms with E-state index in [2.05, 4.69) is 4.52 Å². The van der Waals surface area contributed by atoms with Gasteiger partial charge in [-0.15, -0.1) is 0 Å². The monoisotopic (exact) mass is 173 g/mol. The Morgan fingerprint density at radius 3 is 2.18 bits per heavy atom. The van der Waals surface area contributed by atoms with Crippen LogP contribution in [0.5, 0.6) is 5.75 Å². The fourth-order valence-corrected chi connectivity index (χ4v) is 0.933. The van der Waals surface area contributed by atoms with Gasteiger partial charge in [-0.3, -0.25) is 0 Å². The maximum atomic E-state index is 8.44. The largest absolute Gasteiger partial charge is 0.427 e. The lowest BCUT2D eigenvalue weighted by atomic mass is 10.3. The summed E-state index contributed by atoms with van der Waals surface area (Å²) in [5.74, 6) is 0.398. The molecule has 0 unspecified atom stereocenters. The van der Waals surface area contributed by atoms with Crippen molar-refractivity contribution in [2.45, 2.75) is 0 Å². The molecule has 0 saturated heterocycles. The van der Waals surface area contributed by atoms with Gasteiger partial charge in [0, 0.05) is 5.69 Å². The molecule has 0 aliphatic rings. The third-order valence-corrected chi connectivity index (χ3v) is 1.44. The fourth-order valence-electron chi connectivity index (χ4n) is 0.623. The van der Waals surface area contributed by atoms with Crippen molar-refractivity contribution in [2.75, 3.05) is 5.73 Å². The smallest absolute Gasteiger partial charge is 0.391 e. The van der Waals surface area contributed by atoms with Crippen molar-refractivity contribution in [1.82, 2.24) is 0 Å². The van der Waals surface area contributed by atoms with Gasteiger partial charge >= 0.3 is 8.60 Å². The maximum absolute atomic E-state index is 8.44. The first kappa shape index (κ1) is 8.27. The van der Waals surface area contributed by atoms with Crippen molar-refractivity contribution in [3.63, 3.8) is 0 Å². The Labute approximate surface area is 65.2 Å². The Bertz CT molecular complexity index is 224. The molecule has 11 heavy (non-hydrogen) atoms. The summed E-state index contributed by atoms with van der Waals surface area (Å²) < 4.78 is 4.59. The summed E-state index contributed by atoms with van der Waals surface area (Å²) in [7, 11) is -2.33. The van der Waals surface area contributed by atoms with Gasteiger partial charge in [-0.25, -0.2) is 0 Å². The van der Waals surface area contributed by atoms with Gasteiger partial charge in [0.05, 0.1) is 0 Å². The molecule has 0 atom stereocenters. The molecular formula is C6H8NO3P. The first-order valence-corrected chi connectivity index (χ1v) is 4.06. The molecule has 0 radical (unpaired) electrons. The average molecular weight is 173 g/mol. The lowest BCUT2D eigenvalue weighted by Gasteiger charge is -2.04. The van der Waals surface area contributed by atoms with E-state index in [1.165, 1.54) is 0 Å². The summed E-state index contributed by atoms with van der Waals surface area (Å²) in [4.78, 5) is 16.9. The van der Waals surface area contributed by atoms with E-state index in [0.29, 0.717) is 11.4 Å². The van der Waals surface area contributed by atoms with Crippen LogP contribution in [0.4, 0.5) is 5.69 Å². The van der Waals surface area contributed by atoms with Gasteiger partial charge < -0.3 is 20.0 Å². The second-order valence-corrected chi connectivity index (χ2v) is 2.60. The van der Waals surface area contributed by atoms with E-state index in [9.17, 15) is 0 Å². The quantitative estimate of drug-likeness (QED) is 0.458. The molecular weight excluding hydrogens is 165 g/mol.